The van der Waals surface area contributed by atoms with Crippen molar-refractivity contribution in [2.75, 3.05) is 11.9 Å². The predicted octanol–water partition coefficient (Wildman–Crippen LogP) is 3.13. The summed E-state index contributed by atoms with van der Waals surface area (Å²) in [5.74, 6) is 0. The van der Waals surface area contributed by atoms with Crippen LogP contribution in [-0.2, 0) is 6.42 Å². The number of thiocarbonyl (C=S) groups is 1. The third kappa shape index (κ3) is 4.01. The van der Waals surface area contributed by atoms with Gasteiger partial charge in [-0.3, -0.25) is 4.98 Å². The van der Waals surface area contributed by atoms with E-state index in [1.165, 1.54) is 5.56 Å². The molecular weight excluding hydrogens is 322 g/mol. The Bertz CT molecular complexity index is 572. The lowest BCUT2D eigenvalue weighted by Gasteiger charge is -2.10. The molecule has 0 bridgehead atoms. The predicted molar refractivity (Wildman–Crippen MR) is 86.5 cm³/mol. The summed E-state index contributed by atoms with van der Waals surface area (Å²) in [5.41, 5.74) is 8.75. The molecule has 0 aliphatic rings. The monoisotopic (exact) mass is 335 g/mol. The standard InChI is InChI=1S/C14H14BrN3S/c15-12-9-11(14(16)19)1-2-13(12)18-8-5-10-3-6-17-7-4-10/h1-4,6-7,9,18H,5,8H2,(H2,16,19). The minimum absolute atomic E-state index is 0.407. The number of aromatic nitrogens is 1. The van der Waals surface area contributed by atoms with Crippen molar-refractivity contribution in [3.05, 3.63) is 58.3 Å². The second kappa shape index (κ2) is 6.63. The molecule has 0 amide bonds. The number of hydrogen-bond acceptors (Lipinski definition) is 3. The molecule has 19 heavy (non-hydrogen) atoms. The normalized spacial score (nSPS) is 10.2. The summed E-state index contributed by atoms with van der Waals surface area (Å²) >= 11 is 8.46. The van der Waals surface area contributed by atoms with Crippen molar-refractivity contribution < 1.29 is 0 Å². The molecule has 1 aromatic heterocycles. The molecule has 0 aliphatic carbocycles. The Morgan fingerprint density at radius 1 is 1.26 bits per heavy atom. The highest BCUT2D eigenvalue weighted by Gasteiger charge is 2.03. The second-order valence-electron chi connectivity index (χ2n) is 4.09. The quantitative estimate of drug-likeness (QED) is 0.824. The minimum atomic E-state index is 0.407. The van der Waals surface area contributed by atoms with Crippen molar-refractivity contribution in [2.45, 2.75) is 6.42 Å². The van der Waals surface area contributed by atoms with Gasteiger partial charge in [0.1, 0.15) is 4.99 Å². The fourth-order valence-corrected chi connectivity index (χ4v) is 2.35. The number of nitrogens with two attached hydrogens (primary N) is 1. The van der Waals surface area contributed by atoms with E-state index in [4.69, 9.17) is 18.0 Å². The van der Waals surface area contributed by atoms with E-state index >= 15 is 0 Å². The Morgan fingerprint density at radius 2 is 2.00 bits per heavy atom. The first-order valence-electron chi connectivity index (χ1n) is 5.89. The number of nitrogens with one attached hydrogen (secondary N) is 1. The fourth-order valence-electron chi connectivity index (χ4n) is 1.70. The van der Waals surface area contributed by atoms with Crippen LogP contribution in [0.5, 0.6) is 0 Å². The molecule has 0 saturated carbocycles. The van der Waals surface area contributed by atoms with Gasteiger partial charge in [-0.25, -0.2) is 0 Å². The maximum Gasteiger partial charge on any atom is 0.104 e. The van der Waals surface area contributed by atoms with Crippen molar-refractivity contribution >= 4 is 38.8 Å². The fraction of sp³-hybridized carbons (Fsp3) is 0.143. The maximum atomic E-state index is 5.59. The molecule has 1 aromatic carbocycles. The summed E-state index contributed by atoms with van der Waals surface area (Å²) in [5, 5.41) is 3.38. The highest BCUT2D eigenvalue weighted by Crippen LogP contribution is 2.23. The minimum Gasteiger partial charge on any atom is -0.389 e. The van der Waals surface area contributed by atoms with Crippen LogP contribution in [-0.4, -0.2) is 16.5 Å². The van der Waals surface area contributed by atoms with Crippen molar-refractivity contribution in [1.82, 2.24) is 4.98 Å². The van der Waals surface area contributed by atoms with Crippen molar-refractivity contribution in [3.63, 3.8) is 0 Å². The van der Waals surface area contributed by atoms with E-state index in [1.807, 2.05) is 42.7 Å². The topological polar surface area (TPSA) is 50.9 Å². The van der Waals surface area contributed by atoms with Crippen molar-refractivity contribution in [3.8, 4) is 0 Å². The average molecular weight is 336 g/mol. The molecule has 0 atom stereocenters. The van der Waals surface area contributed by atoms with E-state index < -0.39 is 0 Å². The van der Waals surface area contributed by atoms with Crippen molar-refractivity contribution in [2.24, 2.45) is 5.73 Å². The van der Waals surface area contributed by atoms with E-state index in [0.29, 0.717) is 4.99 Å². The highest BCUT2D eigenvalue weighted by atomic mass is 79.9. The van der Waals surface area contributed by atoms with E-state index in [1.54, 1.807) is 0 Å². The van der Waals surface area contributed by atoms with E-state index in [0.717, 1.165) is 28.7 Å². The third-order valence-corrected chi connectivity index (χ3v) is 3.62. The third-order valence-electron chi connectivity index (χ3n) is 2.73. The second-order valence-corrected chi connectivity index (χ2v) is 5.39. The average Bonchev–Trinajstić information content (AvgIpc) is 2.41. The van der Waals surface area contributed by atoms with Gasteiger partial charge in [0.15, 0.2) is 0 Å². The Morgan fingerprint density at radius 3 is 2.63 bits per heavy atom. The Balaban J connectivity index is 1.95. The van der Waals surface area contributed by atoms with Crippen LogP contribution in [0.4, 0.5) is 5.69 Å². The largest absolute Gasteiger partial charge is 0.389 e. The molecule has 5 heteroatoms. The lowest BCUT2D eigenvalue weighted by atomic mass is 10.2. The summed E-state index contributed by atoms with van der Waals surface area (Å²) in [6.07, 6.45) is 4.57. The van der Waals surface area contributed by atoms with Gasteiger partial charge in [-0.05, 0) is 58.2 Å². The molecule has 98 valence electrons. The first kappa shape index (κ1) is 14.0. The van der Waals surface area contributed by atoms with Gasteiger partial charge in [-0.15, -0.1) is 0 Å². The van der Waals surface area contributed by atoms with Gasteiger partial charge < -0.3 is 11.1 Å². The highest BCUT2D eigenvalue weighted by molar-refractivity contribution is 9.10. The molecule has 1 heterocycles. The van der Waals surface area contributed by atoms with Gasteiger partial charge in [-0.1, -0.05) is 12.2 Å². The van der Waals surface area contributed by atoms with Gasteiger partial charge in [0.25, 0.3) is 0 Å². The summed E-state index contributed by atoms with van der Waals surface area (Å²) in [7, 11) is 0. The van der Waals surface area contributed by atoms with Crippen LogP contribution in [0.1, 0.15) is 11.1 Å². The number of pyridine rings is 1. The molecule has 2 rings (SSSR count). The molecule has 0 fully saturated rings. The molecule has 0 unspecified atom stereocenters. The molecular formula is C14H14BrN3S. The van der Waals surface area contributed by atoms with Gasteiger partial charge in [0, 0.05) is 34.7 Å². The number of anilines is 1. The van der Waals surface area contributed by atoms with Gasteiger partial charge >= 0.3 is 0 Å². The zero-order valence-corrected chi connectivity index (χ0v) is 12.7. The van der Waals surface area contributed by atoms with Crippen LogP contribution < -0.4 is 11.1 Å². The van der Waals surface area contributed by atoms with Crippen LogP contribution in [0.25, 0.3) is 0 Å². The van der Waals surface area contributed by atoms with Crippen LogP contribution >= 0.6 is 28.1 Å². The number of nitrogens with zero attached hydrogens (tertiary/aromatic N) is 1. The molecule has 0 aliphatic heterocycles. The summed E-state index contributed by atoms with van der Waals surface area (Å²) in [6, 6.07) is 9.86. The van der Waals surface area contributed by atoms with Crippen molar-refractivity contribution in [1.29, 1.82) is 0 Å². The zero-order chi connectivity index (χ0) is 13.7. The summed E-state index contributed by atoms with van der Waals surface area (Å²) < 4.78 is 0.965. The van der Waals surface area contributed by atoms with Gasteiger partial charge in [0.05, 0.1) is 0 Å². The lowest BCUT2D eigenvalue weighted by molar-refractivity contribution is 1.01. The maximum absolute atomic E-state index is 5.59. The smallest absolute Gasteiger partial charge is 0.104 e. The molecule has 0 radical (unpaired) electrons. The van der Waals surface area contributed by atoms with Gasteiger partial charge in [-0.2, -0.15) is 0 Å². The summed E-state index contributed by atoms with van der Waals surface area (Å²) in [6.45, 7) is 0.856. The van der Waals surface area contributed by atoms with E-state index in [2.05, 4.69) is 26.2 Å². The zero-order valence-electron chi connectivity index (χ0n) is 10.3. The number of hydrogen-bond donors (Lipinski definition) is 2. The first-order valence-corrected chi connectivity index (χ1v) is 7.09. The van der Waals surface area contributed by atoms with Crippen LogP contribution in [0.3, 0.4) is 0 Å². The van der Waals surface area contributed by atoms with Crippen LogP contribution in [0.15, 0.2) is 47.2 Å². The molecule has 2 aromatic rings. The number of benzene rings is 1. The molecule has 0 saturated heterocycles. The Labute approximate surface area is 126 Å². The Hall–Kier alpha value is -1.46. The van der Waals surface area contributed by atoms with Crippen LogP contribution in [0.2, 0.25) is 0 Å². The molecule has 3 N–H and O–H groups in total. The lowest BCUT2D eigenvalue weighted by Crippen LogP contribution is -2.10. The Kier molecular flexibility index (Phi) is 4.87. The van der Waals surface area contributed by atoms with E-state index in [-0.39, 0.29) is 0 Å². The molecule has 3 nitrogen and oxygen atoms in total. The first-order chi connectivity index (χ1) is 9.16. The number of rotatable bonds is 5. The number of halogens is 1. The van der Waals surface area contributed by atoms with Crippen LogP contribution in [0, 0.1) is 0 Å². The summed E-state index contributed by atoms with van der Waals surface area (Å²) in [4.78, 5) is 4.41. The van der Waals surface area contributed by atoms with E-state index in [9.17, 15) is 0 Å². The van der Waals surface area contributed by atoms with Gasteiger partial charge in [0.2, 0.25) is 0 Å². The SMILES string of the molecule is NC(=S)c1ccc(NCCc2ccncc2)c(Br)c1. The molecule has 0 spiro atoms.